The molecule has 1 heterocycles. The molecule has 2 amide bonds. The predicted molar refractivity (Wildman–Crippen MR) is 93.0 cm³/mol. The van der Waals surface area contributed by atoms with Gasteiger partial charge in [0.25, 0.3) is 0 Å². The lowest BCUT2D eigenvalue weighted by Crippen LogP contribution is -2.34. The fourth-order valence-electron chi connectivity index (χ4n) is 3.60. The standard InChI is InChI=1S/C18H21N3OS/c22-17(21-18-20-15-9-3-4-11-16(15)23-18)19-14-10-5-7-12-6-1-2-8-13(12)14/h1-2,6,8,14H,3-5,7,9-11H2,(H2,19,20,21,22). The second-order valence-corrected chi connectivity index (χ2v) is 7.42. The summed E-state index contributed by atoms with van der Waals surface area (Å²) in [5.74, 6) is 0. The smallest absolute Gasteiger partial charge is 0.321 e. The first-order valence-corrected chi connectivity index (χ1v) is 9.25. The van der Waals surface area contributed by atoms with Crippen molar-refractivity contribution in [3.05, 3.63) is 46.0 Å². The van der Waals surface area contributed by atoms with E-state index in [0.717, 1.165) is 37.2 Å². The molecule has 2 aromatic rings. The molecule has 2 aliphatic rings. The maximum absolute atomic E-state index is 12.3. The van der Waals surface area contributed by atoms with Crippen molar-refractivity contribution in [1.82, 2.24) is 10.3 Å². The van der Waals surface area contributed by atoms with Crippen LogP contribution in [0, 0.1) is 0 Å². The number of aromatic nitrogens is 1. The number of nitrogens with zero attached hydrogens (tertiary/aromatic N) is 1. The second kappa shape index (κ2) is 6.32. The number of hydrogen-bond donors (Lipinski definition) is 2. The van der Waals surface area contributed by atoms with Gasteiger partial charge in [-0.3, -0.25) is 5.32 Å². The van der Waals surface area contributed by atoms with Crippen molar-refractivity contribution in [2.75, 3.05) is 5.32 Å². The zero-order valence-electron chi connectivity index (χ0n) is 13.1. The molecule has 0 aliphatic heterocycles. The second-order valence-electron chi connectivity index (χ2n) is 6.34. The Labute approximate surface area is 140 Å². The molecule has 4 rings (SSSR count). The number of amides is 2. The van der Waals surface area contributed by atoms with E-state index in [1.165, 1.54) is 34.5 Å². The summed E-state index contributed by atoms with van der Waals surface area (Å²) < 4.78 is 0. The summed E-state index contributed by atoms with van der Waals surface area (Å²) in [7, 11) is 0. The largest absolute Gasteiger partial charge is 0.331 e. The normalized spacial score (nSPS) is 19.6. The fourth-order valence-corrected chi connectivity index (χ4v) is 4.65. The maximum atomic E-state index is 12.3. The lowest BCUT2D eigenvalue weighted by Gasteiger charge is -2.26. The fraction of sp³-hybridized carbons (Fsp3) is 0.444. The average Bonchev–Trinajstić information content (AvgIpc) is 2.97. The van der Waals surface area contributed by atoms with Gasteiger partial charge in [0.15, 0.2) is 5.13 Å². The molecule has 23 heavy (non-hydrogen) atoms. The Bertz CT molecular complexity index is 701. The third-order valence-electron chi connectivity index (χ3n) is 4.74. The van der Waals surface area contributed by atoms with Crippen molar-refractivity contribution in [2.24, 2.45) is 0 Å². The van der Waals surface area contributed by atoms with E-state index in [4.69, 9.17) is 0 Å². The summed E-state index contributed by atoms with van der Waals surface area (Å²) >= 11 is 1.63. The first-order chi connectivity index (χ1) is 11.3. The molecule has 2 N–H and O–H groups in total. The number of fused-ring (bicyclic) bond motifs is 2. The minimum atomic E-state index is -0.141. The molecule has 0 bridgehead atoms. The number of urea groups is 1. The number of rotatable bonds is 2. The van der Waals surface area contributed by atoms with Crippen LogP contribution >= 0.6 is 11.3 Å². The van der Waals surface area contributed by atoms with E-state index in [1.54, 1.807) is 11.3 Å². The number of carbonyl (C=O) groups is 1. The Morgan fingerprint density at radius 1 is 1.13 bits per heavy atom. The van der Waals surface area contributed by atoms with Crippen LogP contribution in [0.5, 0.6) is 0 Å². The Morgan fingerprint density at radius 2 is 2.00 bits per heavy atom. The Balaban J connectivity index is 1.44. The molecule has 0 spiro atoms. The number of hydrogen-bond acceptors (Lipinski definition) is 3. The molecular formula is C18H21N3OS. The third kappa shape index (κ3) is 3.11. The number of carbonyl (C=O) groups excluding carboxylic acids is 1. The molecule has 4 nitrogen and oxygen atoms in total. The van der Waals surface area contributed by atoms with Gasteiger partial charge in [-0.05, 0) is 56.1 Å². The SMILES string of the molecule is O=C(Nc1nc2c(s1)CCCC2)NC1CCCc2ccccc21. The zero-order chi connectivity index (χ0) is 15.6. The summed E-state index contributed by atoms with van der Waals surface area (Å²) in [4.78, 5) is 18.3. The van der Waals surface area contributed by atoms with Crippen molar-refractivity contribution in [3.63, 3.8) is 0 Å². The van der Waals surface area contributed by atoms with Gasteiger partial charge in [0.1, 0.15) is 0 Å². The van der Waals surface area contributed by atoms with Gasteiger partial charge in [-0.25, -0.2) is 9.78 Å². The van der Waals surface area contributed by atoms with Gasteiger partial charge in [0.2, 0.25) is 0 Å². The molecule has 0 radical (unpaired) electrons. The summed E-state index contributed by atoms with van der Waals surface area (Å²) in [5, 5.41) is 6.79. The predicted octanol–water partition coefficient (Wildman–Crippen LogP) is 4.22. The number of aryl methyl sites for hydroxylation is 3. The van der Waals surface area contributed by atoms with E-state index in [0.29, 0.717) is 0 Å². The summed E-state index contributed by atoms with van der Waals surface area (Å²) in [6, 6.07) is 8.37. The van der Waals surface area contributed by atoms with Crippen molar-refractivity contribution in [1.29, 1.82) is 0 Å². The molecule has 1 atom stereocenters. The molecule has 2 aliphatic carbocycles. The van der Waals surface area contributed by atoms with Crippen LogP contribution < -0.4 is 10.6 Å². The average molecular weight is 327 g/mol. The van der Waals surface area contributed by atoms with Crippen LogP contribution in [0.2, 0.25) is 0 Å². The van der Waals surface area contributed by atoms with Gasteiger partial charge in [0, 0.05) is 4.88 Å². The van der Waals surface area contributed by atoms with Crippen LogP contribution in [0.25, 0.3) is 0 Å². The van der Waals surface area contributed by atoms with Crippen LogP contribution in [0.4, 0.5) is 9.93 Å². The number of nitrogens with one attached hydrogen (secondary N) is 2. The quantitative estimate of drug-likeness (QED) is 0.867. The molecule has 1 unspecified atom stereocenters. The van der Waals surface area contributed by atoms with Crippen molar-refractivity contribution in [3.8, 4) is 0 Å². The van der Waals surface area contributed by atoms with Crippen molar-refractivity contribution < 1.29 is 4.79 Å². The van der Waals surface area contributed by atoms with Crippen LogP contribution in [0.15, 0.2) is 24.3 Å². The van der Waals surface area contributed by atoms with E-state index >= 15 is 0 Å². The molecular weight excluding hydrogens is 306 g/mol. The van der Waals surface area contributed by atoms with E-state index in [-0.39, 0.29) is 12.1 Å². The Hall–Kier alpha value is -1.88. The molecule has 0 saturated heterocycles. The highest BCUT2D eigenvalue weighted by atomic mass is 32.1. The van der Waals surface area contributed by atoms with Crippen molar-refractivity contribution in [2.45, 2.75) is 51.0 Å². The first-order valence-electron chi connectivity index (χ1n) is 8.43. The van der Waals surface area contributed by atoms with E-state index in [1.807, 2.05) is 6.07 Å². The van der Waals surface area contributed by atoms with Gasteiger partial charge < -0.3 is 5.32 Å². The highest BCUT2D eigenvalue weighted by molar-refractivity contribution is 7.15. The summed E-state index contributed by atoms with van der Waals surface area (Å²) in [6.07, 6.45) is 7.82. The lowest BCUT2D eigenvalue weighted by atomic mass is 9.88. The number of thiazole rings is 1. The molecule has 0 fully saturated rings. The molecule has 1 aromatic carbocycles. The van der Waals surface area contributed by atoms with Crippen LogP contribution in [-0.2, 0) is 19.3 Å². The van der Waals surface area contributed by atoms with Gasteiger partial charge in [-0.15, -0.1) is 11.3 Å². The maximum Gasteiger partial charge on any atom is 0.321 e. The third-order valence-corrected chi connectivity index (χ3v) is 5.81. The summed E-state index contributed by atoms with van der Waals surface area (Å²) in [5.41, 5.74) is 3.79. The highest BCUT2D eigenvalue weighted by Gasteiger charge is 2.22. The minimum absolute atomic E-state index is 0.106. The molecule has 5 heteroatoms. The van der Waals surface area contributed by atoms with E-state index in [2.05, 4.69) is 33.8 Å². The van der Waals surface area contributed by atoms with Crippen molar-refractivity contribution >= 4 is 22.5 Å². The van der Waals surface area contributed by atoms with Crippen LogP contribution in [0.3, 0.4) is 0 Å². The zero-order valence-corrected chi connectivity index (χ0v) is 13.9. The van der Waals surface area contributed by atoms with Gasteiger partial charge in [-0.1, -0.05) is 24.3 Å². The topological polar surface area (TPSA) is 54.0 Å². The highest BCUT2D eigenvalue weighted by Crippen LogP contribution is 2.31. The molecule has 0 saturated carbocycles. The van der Waals surface area contributed by atoms with E-state index in [9.17, 15) is 4.79 Å². The van der Waals surface area contributed by atoms with Gasteiger partial charge in [0.05, 0.1) is 11.7 Å². The minimum Gasteiger partial charge on any atom is -0.331 e. The Morgan fingerprint density at radius 3 is 2.91 bits per heavy atom. The Kier molecular flexibility index (Phi) is 4.04. The first kappa shape index (κ1) is 14.7. The monoisotopic (exact) mass is 327 g/mol. The lowest BCUT2D eigenvalue weighted by molar-refractivity contribution is 0.247. The van der Waals surface area contributed by atoms with E-state index < -0.39 is 0 Å². The van der Waals surface area contributed by atoms with Crippen LogP contribution in [-0.4, -0.2) is 11.0 Å². The van der Waals surface area contributed by atoms with Gasteiger partial charge >= 0.3 is 6.03 Å². The number of benzene rings is 1. The van der Waals surface area contributed by atoms with Gasteiger partial charge in [-0.2, -0.15) is 0 Å². The number of anilines is 1. The summed E-state index contributed by atoms with van der Waals surface area (Å²) in [6.45, 7) is 0. The van der Waals surface area contributed by atoms with Crippen LogP contribution in [0.1, 0.15) is 53.4 Å². The molecule has 120 valence electrons. The molecule has 1 aromatic heterocycles.